The molecule has 0 aliphatic rings. The molecule has 4 nitrogen and oxygen atoms in total. The Morgan fingerprint density at radius 1 is 1.29 bits per heavy atom. The van der Waals surface area contributed by atoms with E-state index in [2.05, 4.69) is 9.97 Å². The monoisotopic (exact) mass is 247 g/mol. The SMILES string of the molecule is Nc1ccncc1CC(=O)c1ccc(Cl)cn1. The Labute approximate surface area is 103 Å². The van der Waals surface area contributed by atoms with Crippen molar-refractivity contribution >= 4 is 23.1 Å². The van der Waals surface area contributed by atoms with Gasteiger partial charge in [0, 0.05) is 36.3 Å². The lowest BCUT2D eigenvalue weighted by molar-refractivity contribution is 0.0988. The molecule has 2 heterocycles. The Hall–Kier alpha value is -1.94. The number of ketones is 1. The molecule has 2 N–H and O–H groups in total. The smallest absolute Gasteiger partial charge is 0.185 e. The van der Waals surface area contributed by atoms with E-state index in [-0.39, 0.29) is 12.2 Å². The standard InChI is InChI=1S/C12H10ClN3O/c13-9-1-2-11(16-7-9)12(17)5-8-6-15-4-3-10(8)14/h1-4,6-7H,5H2,(H2,14,15). The summed E-state index contributed by atoms with van der Waals surface area (Å²) in [5.74, 6) is -0.110. The highest BCUT2D eigenvalue weighted by molar-refractivity contribution is 6.30. The second-order valence-corrected chi connectivity index (χ2v) is 3.97. The zero-order valence-corrected chi connectivity index (χ0v) is 9.69. The number of nitrogens with zero attached hydrogens (tertiary/aromatic N) is 2. The lowest BCUT2D eigenvalue weighted by Gasteiger charge is -2.03. The van der Waals surface area contributed by atoms with Crippen molar-refractivity contribution in [3.05, 3.63) is 53.1 Å². The maximum atomic E-state index is 11.9. The van der Waals surface area contributed by atoms with Crippen LogP contribution in [0.3, 0.4) is 0 Å². The van der Waals surface area contributed by atoms with Gasteiger partial charge in [0.1, 0.15) is 5.69 Å². The van der Waals surface area contributed by atoms with Gasteiger partial charge in [0.15, 0.2) is 5.78 Å². The van der Waals surface area contributed by atoms with Crippen LogP contribution in [0.5, 0.6) is 0 Å². The molecular weight excluding hydrogens is 238 g/mol. The number of anilines is 1. The molecule has 0 bridgehead atoms. The predicted octanol–water partition coefficient (Wildman–Crippen LogP) is 2.14. The van der Waals surface area contributed by atoms with Gasteiger partial charge in [-0.1, -0.05) is 11.6 Å². The molecule has 0 amide bonds. The van der Waals surface area contributed by atoms with Crippen LogP contribution in [0.1, 0.15) is 16.1 Å². The first-order valence-electron chi connectivity index (χ1n) is 5.00. The zero-order chi connectivity index (χ0) is 12.3. The van der Waals surface area contributed by atoms with Crippen LogP contribution in [0.4, 0.5) is 5.69 Å². The fourth-order valence-corrected chi connectivity index (χ4v) is 1.50. The van der Waals surface area contributed by atoms with Crippen LogP contribution in [0, 0.1) is 0 Å². The van der Waals surface area contributed by atoms with Gasteiger partial charge >= 0.3 is 0 Å². The molecular formula is C12H10ClN3O. The third-order valence-corrected chi connectivity index (χ3v) is 2.53. The number of halogens is 1. The number of pyridine rings is 2. The number of rotatable bonds is 3. The van der Waals surface area contributed by atoms with E-state index in [9.17, 15) is 4.79 Å². The fourth-order valence-electron chi connectivity index (χ4n) is 1.39. The van der Waals surface area contributed by atoms with E-state index in [0.29, 0.717) is 22.0 Å². The van der Waals surface area contributed by atoms with Gasteiger partial charge < -0.3 is 5.73 Å². The van der Waals surface area contributed by atoms with E-state index < -0.39 is 0 Å². The number of Topliss-reactive ketones (excluding diaryl/α,β-unsaturated/α-hetero) is 1. The van der Waals surface area contributed by atoms with Crippen molar-refractivity contribution in [3.8, 4) is 0 Å². The van der Waals surface area contributed by atoms with Crippen LogP contribution in [0.15, 0.2) is 36.8 Å². The van der Waals surface area contributed by atoms with Crippen LogP contribution in [-0.4, -0.2) is 15.8 Å². The number of nitrogen functional groups attached to an aromatic ring is 1. The molecule has 0 atom stereocenters. The molecule has 0 unspecified atom stereocenters. The molecule has 17 heavy (non-hydrogen) atoms. The summed E-state index contributed by atoms with van der Waals surface area (Å²) in [6.45, 7) is 0. The number of carbonyl (C=O) groups excluding carboxylic acids is 1. The molecule has 0 fully saturated rings. The van der Waals surface area contributed by atoms with E-state index >= 15 is 0 Å². The van der Waals surface area contributed by atoms with Crippen LogP contribution in [-0.2, 0) is 6.42 Å². The Bertz CT molecular complexity index is 540. The Morgan fingerprint density at radius 3 is 2.76 bits per heavy atom. The third-order valence-electron chi connectivity index (χ3n) is 2.31. The second kappa shape index (κ2) is 4.93. The summed E-state index contributed by atoms with van der Waals surface area (Å²) in [5.41, 5.74) is 7.37. The summed E-state index contributed by atoms with van der Waals surface area (Å²) >= 11 is 5.70. The summed E-state index contributed by atoms with van der Waals surface area (Å²) in [7, 11) is 0. The molecule has 86 valence electrons. The largest absolute Gasteiger partial charge is 0.398 e. The molecule has 0 saturated carbocycles. The van der Waals surface area contributed by atoms with E-state index in [0.717, 1.165) is 0 Å². The highest BCUT2D eigenvalue weighted by atomic mass is 35.5. The quantitative estimate of drug-likeness (QED) is 0.844. The predicted molar refractivity (Wildman–Crippen MR) is 65.9 cm³/mol. The van der Waals surface area contributed by atoms with Gasteiger partial charge in [-0.2, -0.15) is 0 Å². The van der Waals surface area contributed by atoms with E-state index in [1.54, 1.807) is 30.6 Å². The summed E-state index contributed by atoms with van der Waals surface area (Å²) < 4.78 is 0. The van der Waals surface area contributed by atoms with Crippen LogP contribution >= 0.6 is 11.6 Å². The first-order chi connectivity index (χ1) is 8.16. The normalized spacial score (nSPS) is 10.2. The molecule has 0 aromatic carbocycles. The lowest BCUT2D eigenvalue weighted by Crippen LogP contribution is -2.07. The molecule has 0 aliphatic heterocycles. The number of carbonyl (C=O) groups is 1. The van der Waals surface area contributed by atoms with Crippen molar-refractivity contribution in [2.45, 2.75) is 6.42 Å². The van der Waals surface area contributed by atoms with Crippen molar-refractivity contribution in [1.82, 2.24) is 9.97 Å². The van der Waals surface area contributed by atoms with Crippen molar-refractivity contribution in [1.29, 1.82) is 0 Å². The van der Waals surface area contributed by atoms with Gasteiger partial charge in [-0.3, -0.25) is 14.8 Å². The van der Waals surface area contributed by atoms with E-state index in [4.69, 9.17) is 17.3 Å². The van der Waals surface area contributed by atoms with Crippen LogP contribution < -0.4 is 5.73 Å². The third kappa shape index (κ3) is 2.79. The minimum atomic E-state index is -0.110. The topological polar surface area (TPSA) is 68.9 Å². The van der Waals surface area contributed by atoms with Crippen molar-refractivity contribution < 1.29 is 4.79 Å². The number of aromatic nitrogens is 2. The van der Waals surface area contributed by atoms with Crippen molar-refractivity contribution in [2.24, 2.45) is 0 Å². The Kier molecular flexibility index (Phi) is 3.35. The molecule has 0 aliphatic carbocycles. The highest BCUT2D eigenvalue weighted by Gasteiger charge is 2.10. The van der Waals surface area contributed by atoms with Crippen molar-refractivity contribution in [3.63, 3.8) is 0 Å². The first kappa shape index (κ1) is 11.5. The summed E-state index contributed by atoms with van der Waals surface area (Å²) in [6, 6.07) is 4.89. The van der Waals surface area contributed by atoms with Gasteiger partial charge in [0.25, 0.3) is 0 Å². The van der Waals surface area contributed by atoms with Gasteiger partial charge in [-0.15, -0.1) is 0 Å². The van der Waals surface area contributed by atoms with E-state index in [1.165, 1.54) is 6.20 Å². The maximum Gasteiger partial charge on any atom is 0.185 e. The molecule has 2 rings (SSSR count). The zero-order valence-electron chi connectivity index (χ0n) is 8.93. The molecule has 2 aromatic heterocycles. The Balaban J connectivity index is 2.17. The molecule has 0 saturated heterocycles. The lowest BCUT2D eigenvalue weighted by atomic mass is 10.1. The molecule has 0 spiro atoms. The van der Waals surface area contributed by atoms with E-state index in [1.807, 2.05) is 0 Å². The van der Waals surface area contributed by atoms with Gasteiger partial charge in [-0.05, 0) is 18.2 Å². The number of hydrogen-bond acceptors (Lipinski definition) is 4. The molecule has 2 aromatic rings. The van der Waals surface area contributed by atoms with Crippen LogP contribution in [0.25, 0.3) is 0 Å². The minimum Gasteiger partial charge on any atom is -0.398 e. The molecule has 5 heteroatoms. The summed E-state index contributed by atoms with van der Waals surface area (Å²) in [5, 5.41) is 0.502. The van der Waals surface area contributed by atoms with Gasteiger partial charge in [0.05, 0.1) is 5.02 Å². The first-order valence-corrected chi connectivity index (χ1v) is 5.38. The fraction of sp³-hybridized carbons (Fsp3) is 0.0833. The number of nitrogens with two attached hydrogens (primary N) is 1. The van der Waals surface area contributed by atoms with Crippen LogP contribution in [0.2, 0.25) is 5.02 Å². The Morgan fingerprint density at radius 2 is 2.12 bits per heavy atom. The highest BCUT2D eigenvalue weighted by Crippen LogP contribution is 2.13. The average molecular weight is 248 g/mol. The summed E-state index contributed by atoms with van der Waals surface area (Å²) in [4.78, 5) is 19.8. The average Bonchev–Trinajstić information content (AvgIpc) is 2.33. The van der Waals surface area contributed by atoms with Gasteiger partial charge in [-0.25, -0.2) is 0 Å². The summed E-state index contributed by atoms with van der Waals surface area (Å²) in [6.07, 6.45) is 4.81. The van der Waals surface area contributed by atoms with Crippen molar-refractivity contribution in [2.75, 3.05) is 5.73 Å². The maximum absolute atomic E-state index is 11.9. The minimum absolute atomic E-state index is 0.110. The van der Waals surface area contributed by atoms with Gasteiger partial charge in [0.2, 0.25) is 0 Å². The molecule has 0 radical (unpaired) electrons. The second-order valence-electron chi connectivity index (χ2n) is 3.54. The number of hydrogen-bond donors (Lipinski definition) is 1.